The number of nitrogens with zero attached hydrogens (tertiary/aromatic N) is 1. The second kappa shape index (κ2) is 12.4. The highest BCUT2D eigenvalue weighted by Crippen LogP contribution is 2.23. The number of carboxylic acid groups (broad SMARTS) is 1. The van der Waals surface area contributed by atoms with Gasteiger partial charge in [0.25, 0.3) is 0 Å². The minimum atomic E-state index is -1.14. The smallest absolute Gasteiger partial charge is 0.326 e. The summed E-state index contributed by atoms with van der Waals surface area (Å²) in [5.41, 5.74) is 1.32. The molecular weight excluding hydrogens is 468 g/mol. The molecule has 2 N–H and O–H groups in total. The number of carboxylic acids is 1. The summed E-state index contributed by atoms with van der Waals surface area (Å²) in [4.78, 5) is 51.7. The molecule has 1 aliphatic rings. The molecule has 9 heteroatoms. The van der Waals surface area contributed by atoms with E-state index in [1.165, 1.54) is 4.90 Å². The van der Waals surface area contributed by atoms with E-state index in [0.29, 0.717) is 36.5 Å². The van der Waals surface area contributed by atoms with Crippen LogP contribution in [0, 0.1) is 5.92 Å². The first kappa shape index (κ1) is 26.3. The number of hydrogen-bond acceptors (Lipinski definition) is 6. The molecule has 1 fully saturated rings. The first-order chi connectivity index (χ1) is 16.8. The summed E-state index contributed by atoms with van der Waals surface area (Å²) >= 11 is 1.08. The monoisotopic (exact) mass is 498 g/mol. The highest BCUT2D eigenvalue weighted by Gasteiger charge is 2.37. The van der Waals surface area contributed by atoms with Gasteiger partial charge < -0.3 is 20.1 Å². The molecule has 2 aromatic rings. The number of nitrogens with one attached hydrogen (secondary N) is 1. The highest BCUT2D eigenvalue weighted by molar-refractivity contribution is 8.14. The number of carbonyl (C=O) groups excluding carboxylic acids is 3. The molecule has 3 atom stereocenters. The maximum Gasteiger partial charge on any atom is 0.326 e. The van der Waals surface area contributed by atoms with Gasteiger partial charge in [0.05, 0.1) is 7.11 Å². The number of ether oxygens (including phenoxy) is 1. The van der Waals surface area contributed by atoms with Crippen molar-refractivity contribution >= 4 is 34.7 Å². The Bertz CT molecular complexity index is 1040. The van der Waals surface area contributed by atoms with Crippen molar-refractivity contribution in [1.82, 2.24) is 10.2 Å². The Morgan fingerprint density at radius 1 is 1.11 bits per heavy atom. The number of thioether (sulfide) groups is 1. The molecule has 0 saturated carbocycles. The van der Waals surface area contributed by atoms with Crippen molar-refractivity contribution in [2.24, 2.45) is 5.92 Å². The Kier molecular flexibility index (Phi) is 9.31. The molecule has 1 saturated heterocycles. The lowest BCUT2D eigenvalue weighted by molar-refractivity contribution is -0.144. The van der Waals surface area contributed by atoms with Crippen molar-refractivity contribution in [2.75, 3.05) is 19.4 Å². The van der Waals surface area contributed by atoms with Crippen LogP contribution in [0.1, 0.15) is 35.7 Å². The molecule has 35 heavy (non-hydrogen) atoms. The molecule has 3 rings (SSSR count). The van der Waals surface area contributed by atoms with Gasteiger partial charge in [0.15, 0.2) is 0 Å². The summed E-state index contributed by atoms with van der Waals surface area (Å²) in [7, 11) is 1.55. The van der Waals surface area contributed by atoms with Gasteiger partial charge in [-0.2, -0.15) is 0 Å². The zero-order valence-electron chi connectivity index (χ0n) is 19.8. The number of aliphatic carboxylic acids is 1. The van der Waals surface area contributed by atoms with E-state index < -0.39 is 29.9 Å². The number of amides is 2. The largest absolute Gasteiger partial charge is 0.497 e. The average molecular weight is 499 g/mol. The Morgan fingerprint density at radius 2 is 1.80 bits per heavy atom. The Labute approximate surface area is 209 Å². The van der Waals surface area contributed by atoms with E-state index in [9.17, 15) is 24.3 Å². The third kappa shape index (κ3) is 7.08. The van der Waals surface area contributed by atoms with Crippen molar-refractivity contribution < 1.29 is 29.0 Å². The summed E-state index contributed by atoms with van der Waals surface area (Å²) in [6, 6.07) is 14.0. The molecule has 186 valence electrons. The number of hydrogen-bond donors (Lipinski definition) is 2. The fourth-order valence-electron chi connectivity index (χ4n) is 3.98. The first-order valence-corrected chi connectivity index (χ1v) is 12.5. The van der Waals surface area contributed by atoms with Crippen molar-refractivity contribution in [3.05, 3.63) is 65.7 Å². The van der Waals surface area contributed by atoms with Gasteiger partial charge in [-0.25, -0.2) is 4.79 Å². The number of likely N-dealkylation sites (tertiary alicyclic amines) is 1. The van der Waals surface area contributed by atoms with E-state index in [-0.39, 0.29) is 17.4 Å². The van der Waals surface area contributed by atoms with Crippen LogP contribution in [0.5, 0.6) is 5.75 Å². The van der Waals surface area contributed by atoms with Gasteiger partial charge in [0.2, 0.25) is 16.9 Å². The minimum absolute atomic E-state index is 0.108. The van der Waals surface area contributed by atoms with E-state index in [1.807, 2.05) is 6.07 Å². The number of benzene rings is 2. The topological polar surface area (TPSA) is 113 Å². The second-order valence-electron chi connectivity index (χ2n) is 8.51. The van der Waals surface area contributed by atoms with E-state index in [0.717, 1.165) is 17.3 Å². The van der Waals surface area contributed by atoms with Crippen LogP contribution < -0.4 is 10.1 Å². The zero-order chi connectivity index (χ0) is 25.4. The second-order valence-corrected chi connectivity index (χ2v) is 9.50. The van der Waals surface area contributed by atoms with E-state index >= 15 is 0 Å². The van der Waals surface area contributed by atoms with E-state index in [4.69, 9.17) is 4.74 Å². The van der Waals surface area contributed by atoms with Crippen molar-refractivity contribution in [3.8, 4) is 5.75 Å². The number of rotatable bonds is 10. The molecule has 0 bridgehead atoms. The molecule has 0 unspecified atom stereocenters. The Morgan fingerprint density at radius 3 is 2.43 bits per heavy atom. The van der Waals surface area contributed by atoms with Gasteiger partial charge in [-0.3, -0.25) is 14.4 Å². The zero-order valence-corrected chi connectivity index (χ0v) is 20.6. The van der Waals surface area contributed by atoms with Crippen LogP contribution in [0.15, 0.2) is 54.6 Å². The Hall–Kier alpha value is -3.33. The summed E-state index contributed by atoms with van der Waals surface area (Å²) in [6.07, 6.45) is 1.23. The first-order valence-electron chi connectivity index (χ1n) is 11.5. The van der Waals surface area contributed by atoms with Gasteiger partial charge in [-0.15, -0.1) is 0 Å². The van der Waals surface area contributed by atoms with Crippen LogP contribution in [0.3, 0.4) is 0 Å². The summed E-state index contributed by atoms with van der Waals surface area (Å²) in [6.45, 7) is 2.17. The minimum Gasteiger partial charge on any atom is -0.497 e. The molecular formula is C26H30N2O6S. The van der Waals surface area contributed by atoms with Crippen LogP contribution in [0.2, 0.25) is 0 Å². The lowest BCUT2D eigenvalue weighted by Gasteiger charge is -2.27. The number of methoxy groups -OCH3 is 1. The van der Waals surface area contributed by atoms with E-state index in [2.05, 4.69) is 5.32 Å². The molecule has 0 spiro atoms. The molecule has 1 heterocycles. The molecule has 2 aromatic carbocycles. The average Bonchev–Trinajstić information content (AvgIpc) is 3.37. The van der Waals surface area contributed by atoms with Crippen LogP contribution in [-0.4, -0.2) is 64.4 Å². The standard InChI is InChI=1S/C26H30N2O6S/c1-17(16-35-26(33)19-7-4-3-5-8-19)24(30)28-14-6-9-22(28)23(29)27-21(25(31)32)15-18-10-12-20(34-2)13-11-18/h3-5,7-8,10-13,17,21-22H,6,9,14-16H2,1-2H3,(H,27,29)(H,31,32)/t17-,21+,22+/m1/s1. The third-order valence-corrected chi connectivity index (χ3v) is 7.11. The highest BCUT2D eigenvalue weighted by atomic mass is 32.2. The number of carbonyl (C=O) groups is 4. The van der Waals surface area contributed by atoms with Gasteiger partial charge >= 0.3 is 5.97 Å². The lowest BCUT2D eigenvalue weighted by atomic mass is 10.0. The molecule has 2 amide bonds. The van der Waals surface area contributed by atoms with Crippen molar-refractivity contribution in [2.45, 2.75) is 38.3 Å². The Balaban J connectivity index is 1.58. The molecule has 0 radical (unpaired) electrons. The van der Waals surface area contributed by atoms with Crippen LogP contribution in [-0.2, 0) is 20.8 Å². The van der Waals surface area contributed by atoms with Gasteiger partial charge in [0, 0.05) is 30.2 Å². The van der Waals surface area contributed by atoms with Crippen molar-refractivity contribution in [3.63, 3.8) is 0 Å². The molecule has 0 aromatic heterocycles. The molecule has 0 aliphatic carbocycles. The van der Waals surface area contributed by atoms with Gasteiger partial charge in [0.1, 0.15) is 17.8 Å². The summed E-state index contributed by atoms with van der Waals surface area (Å²) in [5, 5.41) is 12.2. The lowest BCUT2D eigenvalue weighted by Crippen LogP contribution is -2.52. The van der Waals surface area contributed by atoms with Crippen LogP contribution in [0.25, 0.3) is 0 Å². The maximum absolute atomic E-state index is 13.1. The van der Waals surface area contributed by atoms with Gasteiger partial charge in [-0.1, -0.05) is 61.2 Å². The molecule has 8 nitrogen and oxygen atoms in total. The summed E-state index contributed by atoms with van der Waals surface area (Å²) < 4.78 is 5.12. The quantitative estimate of drug-likeness (QED) is 0.518. The fraction of sp³-hybridized carbons (Fsp3) is 0.385. The van der Waals surface area contributed by atoms with E-state index in [1.54, 1.807) is 62.6 Å². The predicted molar refractivity (Wildman–Crippen MR) is 133 cm³/mol. The predicted octanol–water partition coefficient (Wildman–Crippen LogP) is 3.01. The van der Waals surface area contributed by atoms with Gasteiger partial charge in [-0.05, 0) is 30.5 Å². The third-order valence-electron chi connectivity index (χ3n) is 5.95. The maximum atomic E-state index is 13.1. The van der Waals surface area contributed by atoms with Crippen LogP contribution in [0.4, 0.5) is 0 Å². The van der Waals surface area contributed by atoms with Crippen LogP contribution >= 0.6 is 11.8 Å². The SMILES string of the molecule is COc1ccc(C[C@H](NC(=O)[C@@H]2CCCN2C(=O)[C@H](C)CSC(=O)c2ccccc2)C(=O)O)cc1. The van der Waals surface area contributed by atoms with Crippen molar-refractivity contribution in [1.29, 1.82) is 0 Å². The molecule has 1 aliphatic heterocycles. The fourth-order valence-corrected chi connectivity index (χ4v) is 4.83. The summed E-state index contributed by atoms with van der Waals surface area (Å²) in [5.74, 6) is -1.34. The normalized spacial score (nSPS) is 16.9.